The highest BCUT2D eigenvalue weighted by Gasteiger charge is 2.39. The summed E-state index contributed by atoms with van der Waals surface area (Å²) >= 11 is 0. The third kappa shape index (κ3) is 7.22. The van der Waals surface area contributed by atoms with E-state index in [2.05, 4.69) is 35.7 Å². The number of aliphatic hydroxyl groups excluding tert-OH is 1. The second-order valence-electron chi connectivity index (χ2n) is 10.5. The lowest BCUT2D eigenvalue weighted by atomic mass is 9.90. The van der Waals surface area contributed by atoms with Gasteiger partial charge in [0.2, 0.25) is 0 Å². The van der Waals surface area contributed by atoms with Crippen molar-refractivity contribution in [1.82, 2.24) is 4.90 Å². The lowest BCUT2D eigenvalue weighted by Crippen LogP contribution is -2.43. The summed E-state index contributed by atoms with van der Waals surface area (Å²) in [7, 11) is -1.66. The Hall–Kier alpha value is -3.53. The Kier molecular flexibility index (Phi) is 9.17. The fourth-order valence-corrected chi connectivity index (χ4v) is 6.23. The predicted molar refractivity (Wildman–Crippen MR) is 159 cm³/mol. The Bertz CT molecular complexity index is 1510. The molecule has 4 aromatic carbocycles. The molecule has 4 aromatic rings. The minimum atomic E-state index is -3.75. The van der Waals surface area contributed by atoms with Crippen LogP contribution in [0.15, 0.2) is 114 Å². The first kappa shape index (κ1) is 29.0. The number of anilines is 1. The van der Waals surface area contributed by atoms with Crippen LogP contribution in [0.4, 0.5) is 5.69 Å². The maximum absolute atomic E-state index is 12.9. The summed E-state index contributed by atoms with van der Waals surface area (Å²) in [5.74, 6) is 0.0317. The van der Waals surface area contributed by atoms with E-state index in [0.717, 1.165) is 23.2 Å². The van der Waals surface area contributed by atoms with Crippen molar-refractivity contribution in [1.29, 1.82) is 0 Å². The van der Waals surface area contributed by atoms with E-state index in [1.165, 1.54) is 5.56 Å². The molecule has 8 heteroatoms. The number of rotatable bonds is 10. The molecule has 1 heterocycles. The van der Waals surface area contributed by atoms with Crippen molar-refractivity contribution in [3.05, 3.63) is 131 Å². The van der Waals surface area contributed by atoms with E-state index in [-0.39, 0.29) is 29.6 Å². The zero-order valence-corrected chi connectivity index (χ0v) is 24.1. The van der Waals surface area contributed by atoms with Crippen LogP contribution in [0, 0.1) is 5.92 Å². The van der Waals surface area contributed by atoms with Gasteiger partial charge in [-0.3, -0.25) is 9.62 Å². The molecule has 0 amide bonds. The van der Waals surface area contributed by atoms with Gasteiger partial charge in [0.25, 0.3) is 10.0 Å². The highest BCUT2D eigenvalue weighted by molar-refractivity contribution is 7.92. The maximum Gasteiger partial charge on any atom is 0.261 e. The number of likely N-dealkylation sites (N-methyl/N-ethyl adjacent to an activating group) is 1. The minimum absolute atomic E-state index is 0.0221. The predicted octanol–water partition coefficient (Wildman–Crippen LogP) is 5.90. The summed E-state index contributed by atoms with van der Waals surface area (Å²) < 4.78 is 41.7. The van der Waals surface area contributed by atoms with Gasteiger partial charge >= 0.3 is 0 Å². The molecule has 4 atom stereocenters. The Balaban J connectivity index is 1.40. The Morgan fingerprint density at radius 3 is 2.17 bits per heavy atom. The Morgan fingerprint density at radius 1 is 0.805 bits per heavy atom. The van der Waals surface area contributed by atoms with Gasteiger partial charge in [0.1, 0.15) is 0 Å². The SMILES string of the molecule is CC1C(CN(C)Cc2ccccc2)OC(c2cccc(NS(=O)(=O)c3ccccc3)c2)OC1c1ccc(CO)cc1. The van der Waals surface area contributed by atoms with Gasteiger partial charge < -0.3 is 14.6 Å². The van der Waals surface area contributed by atoms with Crippen LogP contribution >= 0.6 is 0 Å². The molecule has 2 N–H and O–H groups in total. The van der Waals surface area contributed by atoms with Crippen molar-refractivity contribution < 1.29 is 23.0 Å². The largest absolute Gasteiger partial charge is 0.392 e. The first-order valence-corrected chi connectivity index (χ1v) is 15.2. The lowest BCUT2D eigenvalue weighted by Gasteiger charge is -2.42. The molecular formula is C33H36N2O5S. The summed E-state index contributed by atoms with van der Waals surface area (Å²) in [5.41, 5.74) is 4.21. The molecule has 1 saturated heterocycles. The highest BCUT2D eigenvalue weighted by Crippen LogP contribution is 2.42. The van der Waals surface area contributed by atoms with Crippen molar-refractivity contribution in [3.63, 3.8) is 0 Å². The molecule has 1 aliphatic heterocycles. The second kappa shape index (κ2) is 13.0. The van der Waals surface area contributed by atoms with Crippen LogP contribution in [-0.4, -0.2) is 38.1 Å². The van der Waals surface area contributed by atoms with Crippen molar-refractivity contribution in [2.45, 2.75) is 43.5 Å². The van der Waals surface area contributed by atoms with E-state index < -0.39 is 16.3 Å². The van der Waals surface area contributed by atoms with Crippen molar-refractivity contribution in [3.8, 4) is 0 Å². The van der Waals surface area contributed by atoms with Crippen LogP contribution in [-0.2, 0) is 32.6 Å². The van der Waals surface area contributed by atoms with Crippen molar-refractivity contribution in [2.75, 3.05) is 18.3 Å². The van der Waals surface area contributed by atoms with E-state index in [1.807, 2.05) is 48.5 Å². The molecule has 4 unspecified atom stereocenters. The molecule has 41 heavy (non-hydrogen) atoms. The standard InChI is InChI=1S/C33H36N2O5S/c1-24-31(22-35(2)21-25-10-5-3-6-11-25)39-33(40-32(24)27-18-16-26(23-36)17-19-27)28-12-9-13-29(20-28)34-41(37,38)30-14-7-4-8-15-30/h3-20,24,31-34,36H,21-23H2,1-2H3. The molecule has 214 valence electrons. The van der Waals surface area contributed by atoms with Gasteiger partial charge in [-0.25, -0.2) is 8.42 Å². The first-order chi connectivity index (χ1) is 19.8. The Labute approximate surface area is 242 Å². The highest BCUT2D eigenvalue weighted by atomic mass is 32.2. The van der Waals surface area contributed by atoms with Gasteiger partial charge in [0.05, 0.1) is 23.7 Å². The molecular weight excluding hydrogens is 536 g/mol. The third-order valence-corrected chi connectivity index (χ3v) is 8.77. The summed E-state index contributed by atoms with van der Waals surface area (Å²) in [6.07, 6.45) is -1.12. The number of hydrogen-bond donors (Lipinski definition) is 2. The van der Waals surface area contributed by atoms with E-state index in [4.69, 9.17) is 9.47 Å². The summed E-state index contributed by atoms with van der Waals surface area (Å²) in [6.45, 7) is 3.57. The van der Waals surface area contributed by atoms with E-state index in [0.29, 0.717) is 12.2 Å². The molecule has 0 aromatic heterocycles. The van der Waals surface area contributed by atoms with Crippen LogP contribution in [0.3, 0.4) is 0 Å². The Morgan fingerprint density at radius 2 is 1.49 bits per heavy atom. The van der Waals surface area contributed by atoms with Crippen LogP contribution in [0.1, 0.15) is 41.6 Å². The molecule has 1 fully saturated rings. The maximum atomic E-state index is 12.9. The van der Waals surface area contributed by atoms with Gasteiger partial charge in [-0.1, -0.05) is 91.9 Å². The number of aliphatic hydroxyl groups is 1. The molecule has 0 saturated carbocycles. The second-order valence-corrected chi connectivity index (χ2v) is 12.2. The summed E-state index contributed by atoms with van der Waals surface area (Å²) in [5, 5.41) is 9.52. The van der Waals surface area contributed by atoms with Crippen molar-refractivity contribution in [2.24, 2.45) is 5.92 Å². The number of nitrogens with zero attached hydrogens (tertiary/aromatic N) is 1. The van der Waals surface area contributed by atoms with Crippen LogP contribution in [0.2, 0.25) is 0 Å². The average molecular weight is 573 g/mol. The molecule has 5 rings (SSSR count). The van der Waals surface area contributed by atoms with E-state index in [9.17, 15) is 13.5 Å². The molecule has 0 aliphatic carbocycles. The summed E-state index contributed by atoms with van der Waals surface area (Å²) in [4.78, 5) is 2.44. The monoisotopic (exact) mass is 572 g/mol. The fourth-order valence-electron chi connectivity index (χ4n) is 5.16. The van der Waals surface area contributed by atoms with Gasteiger partial charge in [0.15, 0.2) is 6.29 Å². The van der Waals surface area contributed by atoms with Gasteiger partial charge in [-0.05, 0) is 48.0 Å². The van der Waals surface area contributed by atoms with Gasteiger partial charge in [0, 0.05) is 30.3 Å². The molecule has 0 bridgehead atoms. The lowest BCUT2D eigenvalue weighted by molar-refractivity contribution is -0.276. The molecule has 1 aliphatic rings. The zero-order valence-electron chi connectivity index (χ0n) is 23.3. The number of hydrogen-bond acceptors (Lipinski definition) is 6. The minimum Gasteiger partial charge on any atom is -0.392 e. The number of sulfonamides is 1. The smallest absolute Gasteiger partial charge is 0.261 e. The van der Waals surface area contributed by atoms with Crippen LogP contribution in [0.5, 0.6) is 0 Å². The van der Waals surface area contributed by atoms with Crippen LogP contribution in [0.25, 0.3) is 0 Å². The molecule has 0 spiro atoms. The number of ether oxygens (including phenoxy) is 2. The fraction of sp³-hybridized carbons (Fsp3) is 0.273. The van der Waals surface area contributed by atoms with Crippen LogP contribution < -0.4 is 4.72 Å². The van der Waals surface area contributed by atoms with E-state index in [1.54, 1.807) is 48.5 Å². The first-order valence-electron chi connectivity index (χ1n) is 13.7. The van der Waals surface area contributed by atoms with E-state index >= 15 is 0 Å². The normalized spacial score (nSPS) is 21.1. The third-order valence-electron chi connectivity index (χ3n) is 7.37. The summed E-state index contributed by atoms with van der Waals surface area (Å²) in [6, 6.07) is 33.6. The average Bonchev–Trinajstić information content (AvgIpc) is 2.99. The van der Waals surface area contributed by atoms with Gasteiger partial charge in [-0.2, -0.15) is 0 Å². The number of nitrogens with one attached hydrogen (secondary N) is 1. The van der Waals surface area contributed by atoms with Gasteiger partial charge in [-0.15, -0.1) is 0 Å². The molecule has 0 radical (unpaired) electrons. The molecule has 7 nitrogen and oxygen atoms in total. The van der Waals surface area contributed by atoms with Crippen molar-refractivity contribution >= 4 is 15.7 Å². The zero-order chi connectivity index (χ0) is 28.8. The quantitative estimate of drug-likeness (QED) is 0.246. The number of benzene rings is 4. The topological polar surface area (TPSA) is 88.1 Å².